The van der Waals surface area contributed by atoms with Crippen LogP contribution in [0.5, 0.6) is 0 Å². The van der Waals surface area contributed by atoms with Crippen molar-refractivity contribution in [3.8, 4) is 0 Å². The van der Waals surface area contributed by atoms with E-state index in [2.05, 4.69) is 138 Å². The fraction of sp³-hybridized carbons (Fsp3) is 0.935. The van der Waals surface area contributed by atoms with Gasteiger partial charge in [-0.05, 0) is 199 Å². The molecule has 2 atom stereocenters. The highest BCUT2D eigenvalue weighted by molar-refractivity contribution is 5.02. The summed E-state index contributed by atoms with van der Waals surface area (Å²) >= 11 is 0. The van der Waals surface area contributed by atoms with Crippen molar-refractivity contribution in [2.24, 2.45) is 23.2 Å². The van der Waals surface area contributed by atoms with Crippen molar-refractivity contribution >= 4 is 0 Å². The highest BCUT2D eigenvalue weighted by atomic mass is 16.5. The quantitative estimate of drug-likeness (QED) is 0.252. The molecule has 7 aliphatic heterocycles. The Hall–Kier alpha value is -1.41. The molecule has 1 aromatic heterocycles. The molecule has 11 nitrogen and oxygen atoms in total. The van der Waals surface area contributed by atoms with Crippen LogP contribution in [-0.4, -0.2) is 200 Å². The minimum absolute atomic E-state index is 0.0671. The largest absolute Gasteiger partial charge is 0.380 e. The molecule has 9 aliphatic rings. The zero-order valence-electron chi connectivity index (χ0n) is 66.6. The number of fused-ring (bicyclic) bond motifs is 1. The number of piperazine rings is 1. The molecule has 9 fully saturated rings. The molecule has 11 heteroatoms. The molecule has 10 rings (SSSR count). The number of likely N-dealkylation sites (N-methyl/N-ethyl adjacent to an activating group) is 1. The third-order valence-corrected chi connectivity index (χ3v) is 16.9. The first kappa shape index (κ1) is 97.7. The van der Waals surface area contributed by atoms with E-state index in [1.165, 1.54) is 136 Å². The summed E-state index contributed by atoms with van der Waals surface area (Å²) in [5, 5.41) is 0. The number of hydrogen-bond acceptors (Lipinski definition) is 10. The second-order valence-electron chi connectivity index (χ2n) is 25.4. The number of likely N-dealkylation sites (tertiary alicyclic amines) is 4. The molecule has 2 unspecified atom stereocenters. The van der Waals surface area contributed by atoms with Gasteiger partial charge in [-0.15, -0.1) is 0 Å². The number of aromatic nitrogens is 1. The Bertz CT molecular complexity index is 1520. The van der Waals surface area contributed by atoms with E-state index in [1.807, 2.05) is 131 Å². The first-order valence-electron chi connectivity index (χ1n) is 38.1. The van der Waals surface area contributed by atoms with Gasteiger partial charge in [-0.1, -0.05) is 156 Å². The molecule has 0 N–H and O–H groups in total. The molecule has 0 amide bonds. The highest BCUT2D eigenvalue weighted by Crippen LogP contribution is 2.45. The van der Waals surface area contributed by atoms with Crippen molar-refractivity contribution in [1.29, 1.82) is 0 Å². The molecular formula is C77H168N8O3. The lowest BCUT2D eigenvalue weighted by molar-refractivity contribution is -0.195. The van der Waals surface area contributed by atoms with Gasteiger partial charge in [-0.25, -0.2) is 0 Å². The number of ether oxygens (including phenoxy) is 2. The number of piperidine rings is 2. The van der Waals surface area contributed by atoms with E-state index in [-0.39, 0.29) is 11.6 Å². The zero-order chi connectivity index (χ0) is 69.4. The summed E-state index contributed by atoms with van der Waals surface area (Å²) in [4.78, 5) is 28.6. The van der Waals surface area contributed by atoms with Gasteiger partial charge in [0.15, 0.2) is 0 Å². The van der Waals surface area contributed by atoms with Gasteiger partial charge in [-0.2, -0.15) is 0 Å². The van der Waals surface area contributed by atoms with Gasteiger partial charge in [0.2, 0.25) is 0 Å². The lowest BCUT2D eigenvalue weighted by Crippen LogP contribution is -2.67. The van der Waals surface area contributed by atoms with Crippen LogP contribution < -0.4 is 5.56 Å². The second kappa shape index (κ2) is 64.3. The summed E-state index contributed by atoms with van der Waals surface area (Å²) in [6.07, 6.45) is 16.4. The van der Waals surface area contributed by atoms with Crippen LogP contribution in [0.15, 0.2) is 29.2 Å². The maximum absolute atomic E-state index is 11.0. The lowest BCUT2D eigenvalue weighted by Gasteiger charge is -2.56. The van der Waals surface area contributed by atoms with Crippen molar-refractivity contribution in [3.63, 3.8) is 0 Å². The average Bonchev–Trinajstić information content (AvgIpc) is 1.16. The molecule has 88 heavy (non-hydrogen) atoms. The van der Waals surface area contributed by atoms with Crippen LogP contribution in [-0.2, 0) is 9.47 Å². The van der Waals surface area contributed by atoms with Crippen LogP contribution in [0, 0.1) is 23.2 Å². The van der Waals surface area contributed by atoms with Gasteiger partial charge < -0.3 is 28.7 Å². The third-order valence-electron chi connectivity index (χ3n) is 16.9. The van der Waals surface area contributed by atoms with Crippen molar-refractivity contribution in [2.75, 3.05) is 119 Å². The van der Waals surface area contributed by atoms with Crippen LogP contribution in [0.2, 0.25) is 0 Å². The Kier molecular flexibility index (Phi) is 71.4. The fourth-order valence-electron chi connectivity index (χ4n) is 10.9. The molecule has 2 saturated carbocycles. The van der Waals surface area contributed by atoms with E-state index >= 15 is 0 Å². The van der Waals surface area contributed by atoms with Gasteiger partial charge in [-0.3, -0.25) is 24.4 Å². The van der Waals surface area contributed by atoms with Crippen LogP contribution in [0.1, 0.15) is 292 Å². The van der Waals surface area contributed by atoms with Crippen molar-refractivity contribution < 1.29 is 9.47 Å². The van der Waals surface area contributed by atoms with Crippen LogP contribution in [0.25, 0.3) is 0 Å². The molecule has 7 saturated heterocycles. The first-order chi connectivity index (χ1) is 42.1. The standard InChI is InChI=1S/C8H18N2.C8H15NO.C8H11NO.C8H15N.C8H17N.C7H15NO.C7H15N.C7H14.8C2H6/c1-8(2)10-6-4-9(3)5-7-10;1-7(2)9-3-8(4-9)5-10-6-8;1-7(2)9-6-4-3-5-8(9)10;1-6(2)9-4-3-7-5-8(7)9;1-8(2)9-6-4-3-5-7-9;1-7(2)8-3-5-9-6-4-8;1-7(2)8-5-3-4-6-8;1-6(2)7-4-3-5-7;8*1-2/h8H,4-7H2,1-3H3;7H,3-6H2,1-2H3;3-7H,1-2H3;6-8H,3-5H2,1-2H3;8H,3-7H2,1-2H3;7H,3-6H2,1-2H3;7H,3-6H2,1-2H3;6-7H,3-5H2,1-2H3;8*1-2H3. The fourth-order valence-corrected chi connectivity index (χ4v) is 10.9. The van der Waals surface area contributed by atoms with Gasteiger partial charge in [0.1, 0.15) is 0 Å². The van der Waals surface area contributed by atoms with Crippen molar-refractivity contribution in [2.45, 2.75) is 334 Å². The average molecular weight is 1250 g/mol. The van der Waals surface area contributed by atoms with Crippen LogP contribution in [0.4, 0.5) is 0 Å². The summed E-state index contributed by atoms with van der Waals surface area (Å²) in [5.74, 6) is 3.14. The molecule has 8 heterocycles. The molecule has 0 radical (unpaired) electrons. The Labute approximate surface area is 556 Å². The second-order valence-corrected chi connectivity index (χ2v) is 25.4. The monoisotopic (exact) mass is 1250 g/mol. The van der Waals surface area contributed by atoms with E-state index in [0.717, 1.165) is 93.5 Å². The van der Waals surface area contributed by atoms with E-state index in [9.17, 15) is 4.79 Å². The van der Waals surface area contributed by atoms with E-state index in [1.54, 1.807) is 22.9 Å². The predicted octanol–water partition coefficient (Wildman–Crippen LogP) is 19.0. The number of pyridine rings is 1. The summed E-state index contributed by atoms with van der Waals surface area (Å²) in [6, 6.07) is 10.9. The smallest absolute Gasteiger partial charge is 0.250 e. The van der Waals surface area contributed by atoms with Crippen molar-refractivity contribution in [3.05, 3.63) is 34.7 Å². The molecule has 1 aromatic rings. The maximum Gasteiger partial charge on any atom is 0.250 e. The first-order valence-corrected chi connectivity index (χ1v) is 38.1. The number of rotatable bonds is 8. The van der Waals surface area contributed by atoms with Gasteiger partial charge >= 0.3 is 0 Å². The minimum Gasteiger partial charge on any atom is -0.380 e. The Morgan fingerprint density at radius 3 is 1.02 bits per heavy atom. The van der Waals surface area contributed by atoms with E-state index in [0.29, 0.717) is 11.5 Å². The Balaban J connectivity index is -0.000000211. The van der Waals surface area contributed by atoms with Crippen LogP contribution >= 0.6 is 0 Å². The van der Waals surface area contributed by atoms with Gasteiger partial charge in [0.25, 0.3) is 5.56 Å². The van der Waals surface area contributed by atoms with Crippen LogP contribution in [0.3, 0.4) is 0 Å². The summed E-state index contributed by atoms with van der Waals surface area (Å²) in [6.45, 7) is 88.1. The lowest BCUT2D eigenvalue weighted by atomic mass is 9.77. The normalized spacial score (nSPS) is 20.7. The number of nitrogens with zero attached hydrogens (tertiary/aromatic N) is 8. The maximum atomic E-state index is 11.0. The zero-order valence-corrected chi connectivity index (χ0v) is 66.6. The topological polar surface area (TPSA) is 63.1 Å². The Morgan fingerprint density at radius 1 is 0.409 bits per heavy atom. The Morgan fingerprint density at radius 2 is 0.795 bits per heavy atom. The van der Waals surface area contributed by atoms with E-state index < -0.39 is 0 Å². The number of morpholine rings is 1. The van der Waals surface area contributed by atoms with E-state index in [4.69, 9.17) is 9.47 Å². The molecule has 1 spiro atoms. The SMILES string of the molecule is CC.CC.CC.CC.CC.CC.CC.CC.CC(C)C1CCC1.CC(C)N1CC2(COC2)C1.CC(C)N1CCC2CC21.CC(C)N1CCCC1.CC(C)N1CCCCC1.CC(C)N1CCN(C)CC1.CC(C)N1CCOCC1.CC(C)n1ccccc1=O. The molecule has 2 aliphatic carbocycles. The molecular weight excluding hydrogens is 1080 g/mol. The number of hydrogen-bond donors (Lipinski definition) is 0. The summed E-state index contributed by atoms with van der Waals surface area (Å²) in [7, 11) is 2.19. The van der Waals surface area contributed by atoms with Gasteiger partial charge in [0.05, 0.1) is 26.4 Å². The summed E-state index contributed by atoms with van der Waals surface area (Å²) in [5.41, 5.74) is 0.669. The minimum atomic E-state index is 0.0671. The van der Waals surface area contributed by atoms with Gasteiger partial charge in [0, 0.05) is 118 Å². The molecule has 0 bridgehead atoms. The summed E-state index contributed by atoms with van der Waals surface area (Å²) < 4.78 is 12.1. The van der Waals surface area contributed by atoms with Crippen molar-refractivity contribution in [1.82, 2.24) is 38.9 Å². The molecule has 0 aromatic carbocycles. The highest BCUT2D eigenvalue weighted by Gasteiger charge is 2.49. The predicted molar refractivity (Wildman–Crippen MR) is 401 cm³/mol. The molecule has 534 valence electrons. The third kappa shape index (κ3) is 45.8.